The van der Waals surface area contributed by atoms with Crippen LogP contribution in [0.4, 0.5) is 0 Å². The minimum Gasteiger partial charge on any atom is -0.361 e. The molecule has 0 bridgehead atoms. The summed E-state index contributed by atoms with van der Waals surface area (Å²) in [7, 11) is 0. The summed E-state index contributed by atoms with van der Waals surface area (Å²) < 4.78 is 5.08. The molecule has 1 aliphatic carbocycles. The first-order chi connectivity index (χ1) is 9.11. The van der Waals surface area contributed by atoms with Gasteiger partial charge in [0.05, 0.1) is 12.1 Å². The van der Waals surface area contributed by atoms with Crippen molar-refractivity contribution >= 4 is 18.3 Å². The quantitative estimate of drug-likeness (QED) is 0.890. The fourth-order valence-corrected chi connectivity index (χ4v) is 2.85. The highest BCUT2D eigenvalue weighted by Crippen LogP contribution is 2.23. The molecule has 1 saturated carbocycles. The van der Waals surface area contributed by atoms with Gasteiger partial charge in [0.2, 0.25) is 5.91 Å². The number of hydrogen-bond donors (Lipinski definition) is 2. The summed E-state index contributed by atoms with van der Waals surface area (Å²) in [4.78, 5) is 12.1. The predicted molar refractivity (Wildman–Crippen MR) is 79.9 cm³/mol. The molecule has 1 aliphatic rings. The van der Waals surface area contributed by atoms with Crippen LogP contribution in [0, 0.1) is 19.8 Å². The molecule has 0 radical (unpaired) electrons. The maximum Gasteiger partial charge on any atom is 0.224 e. The molecule has 5 nitrogen and oxygen atoms in total. The molecule has 3 N–H and O–H groups in total. The number of rotatable bonds is 4. The lowest BCUT2D eigenvalue weighted by Gasteiger charge is -2.31. The van der Waals surface area contributed by atoms with Crippen LogP contribution in [0.25, 0.3) is 0 Å². The molecule has 1 heterocycles. The van der Waals surface area contributed by atoms with E-state index in [1.807, 2.05) is 13.8 Å². The zero-order chi connectivity index (χ0) is 13.8. The smallest absolute Gasteiger partial charge is 0.224 e. The number of nitrogens with one attached hydrogen (secondary N) is 1. The number of aryl methyl sites for hydroxylation is 2. The number of nitrogens with two attached hydrogens (primary N) is 1. The molecule has 1 amide bonds. The molecule has 0 spiro atoms. The van der Waals surface area contributed by atoms with Crippen molar-refractivity contribution in [2.75, 3.05) is 6.54 Å². The normalized spacial score (nSPS) is 22.1. The van der Waals surface area contributed by atoms with E-state index < -0.39 is 0 Å². The first-order valence-electron chi connectivity index (χ1n) is 7.03. The Bertz CT molecular complexity index is 428. The van der Waals surface area contributed by atoms with Crippen LogP contribution in [-0.2, 0) is 11.2 Å². The van der Waals surface area contributed by atoms with Gasteiger partial charge in [0.25, 0.3) is 0 Å². The number of aromatic nitrogens is 1. The Morgan fingerprint density at radius 1 is 1.40 bits per heavy atom. The average molecular weight is 302 g/mol. The molecule has 0 aliphatic heterocycles. The summed E-state index contributed by atoms with van der Waals surface area (Å²) in [5, 5.41) is 7.00. The van der Waals surface area contributed by atoms with Gasteiger partial charge in [-0.2, -0.15) is 0 Å². The van der Waals surface area contributed by atoms with Gasteiger partial charge in [-0.25, -0.2) is 0 Å². The summed E-state index contributed by atoms with van der Waals surface area (Å²) in [5.74, 6) is 1.19. The van der Waals surface area contributed by atoms with Crippen LogP contribution in [0.1, 0.15) is 42.7 Å². The van der Waals surface area contributed by atoms with E-state index in [4.69, 9.17) is 10.3 Å². The number of amides is 1. The van der Waals surface area contributed by atoms with E-state index in [1.165, 1.54) is 12.8 Å². The standard InChI is InChI=1S/C14H23N3O2.ClH/c1-9-12(10(2)19-17-9)7-14(18)16-13-6-4-3-5-11(13)8-15;/h11,13H,3-8,15H2,1-2H3,(H,16,18);1H. The van der Waals surface area contributed by atoms with Crippen LogP contribution in [0.3, 0.4) is 0 Å². The molecule has 1 aromatic rings. The van der Waals surface area contributed by atoms with E-state index in [1.54, 1.807) is 0 Å². The van der Waals surface area contributed by atoms with E-state index in [9.17, 15) is 4.79 Å². The van der Waals surface area contributed by atoms with Gasteiger partial charge in [0, 0.05) is 11.6 Å². The lowest BCUT2D eigenvalue weighted by molar-refractivity contribution is -0.121. The molecule has 114 valence electrons. The fraction of sp³-hybridized carbons (Fsp3) is 0.714. The molecule has 2 atom stereocenters. The zero-order valence-electron chi connectivity index (χ0n) is 12.1. The summed E-state index contributed by atoms with van der Waals surface area (Å²) in [6.45, 7) is 4.35. The van der Waals surface area contributed by atoms with Crippen LogP contribution in [0.2, 0.25) is 0 Å². The van der Waals surface area contributed by atoms with Gasteiger partial charge in [-0.05, 0) is 39.2 Å². The van der Waals surface area contributed by atoms with E-state index in [0.29, 0.717) is 18.9 Å². The third-order valence-corrected chi connectivity index (χ3v) is 4.08. The highest BCUT2D eigenvalue weighted by Gasteiger charge is 2.25. The van der Waals surface area contributed by atoms with Gasteiger partial charge in [-0.3, -0.25) is 4.79 Å². The topological polar surface area (TPSA) is 81.2 Å². The highest BCUT2D eigenvalue weighted by molar-refractivity contribution is 5.85. The second-order valence-corrected chi connectivity index (χ2v) is 5.43. The number of nitrogens with zero attached hydrogens (tertiary/aromatic N) is 1. The van der Waals surface area contributed by atoms with Gasteiger partial charge >= 0.3 is 0 Å². The van der Waals surface area contributed by atoms with Crippen molar-refractivity contribution in [3.63, 3.8) is 0 Å². The van der Waals surface area contributed by atoms with Gasteiger partial charge in [-0.1, -0.05) is 18.0 Å². The first-order valence-corrected chi connectivity index (χ1v) is 7.03. The van der Waals surface area contributed by atoms with E-state index in [2.05, 4.69) is 10.5 Å². The Balaban J connectivity index is 0.00000200. The maximum absolute atomic E-state index is 12.1. The van der Waals surface area contributed by atoms with Crippen molar-refractivity contribution in [1.82, 2.24) is 10.5 Å². The summed E-state index contributed by atoms with van der Waals surface area (Å²) in [5.41, 5.74) is 7.48. The zero-order valence-corrected chi connectivity index (χ0v) is 13.0. The van der Waals surface area contributed by atoms with Crippen LogP contribution < -0.4 is 11.1 Å². The minimum atomic E-state index is 0. The lowest BCUT2D eigenvalue weighted by Crippen LogP contribution is -2.45. The molecule has 20 heavy (non-hydrogen) atoms. The van der Waals surface area contributed by atoms with Crippen LogP contribution in [0.15, 0.2) is 4.52 Å². The van der Waals surface area contributed by atoms with Crippen molar-refractivity contribution in [2.24, 2.45) is 11.7 Å². The Morgan fingerprint density at radius 3 is 2.70 bits per heavy atom. The number of carbonyl (C=O) groups excluding carboxylic acids is 1. The average Bonchev–Trinajstić information content (AvgIpc) is 2.71. The Kier molecular flexibility index (Phi) is 6.49. The lowest BCUT2D eigenvalue weighted by atomic mass is 9.84. The SMILES string of the molecule is Cc1noc(C)c1CC(=O)NC1CCCCC1CN.Cl. The van der Waals surface area contributed by atoms with Crippen LogP contribution in [0.5, 0.6) is 0 Å². The van der Waals surface area contributed by atoms with Gasteiger partial charge in [0.15, 0.2) is 0 Å². The summed E-state index contributed by atoms with van der Waals surface area (Å²) in [6, 6.07) is 0.228. The van der Waals surface area contributed by atoms with Crippen LogP contribution >= 0.6 is 12.4 Å². The molecule has 2 rings (SSSR count). The fourth-order valence-electron chi connectivity index (χ4n) is 2.85. The second kappa shape index (κ2) is 7.64. The first kappa shape index (κ1) is 17.0. The third-order valence-electron chi connectivity index (χ3n) is 4.08. The third kappa shape index (κ3) is 3.96. The second-order valence-electron chi connectivity index (χ2n) is 5.43. The van der Waals surface area contributed by atoms with E-state index in [0.717, 1.165) is 29.9 Å². The molecule has 0 aromatic carbocycles. The van der Waals surface area contributed by atoms with Gasteiger partial charge in [-0.15, -0.1) is 12.4 Å². The summed E-state index contributed by atoms with van der Waals surface area (Å²) >= 11 is 0. The minimum absolute atomic E-state index is 0. The van der Waals surface area contributed by atoms with Crippen molar-refractivity contribution in [3.05, 3.63) is 17.0 Å². The Hall–Kier alpha value is -1.07. The van der Waals surface area contributed by atoms with Crippen molar-refractivity contribution in [3.8, 4) is 0 Å². The Morgan fingerprint density at radius 2 is 2.10 bits per heavy atom. The van der Waals surface area contributed by atoms with E-state index in [-0.39, 0.29) is 24.4 Å². The molecular formula is C14H24ClN3O2. The molecule has 0 saturated heterocycles. The number of carbonyl (C=O) groups is 1. The molecular weight excluding hydrogens is 278 g/mol. The molecule has 1 aromatic heterocycles. The van der Waals surface area contributed by atoms with E-state index >= 15 is 0 Å². The predicted octanol–water partition coefficient (Wildman–Crippen LogP) is 1.89. The highest BCUT2D eigenvalue weighted by atomic mass is 35.5. The largest absolute Gasteiger partial charge is 0.361 e. The van der Waals surface area contributed by atoms with Gasteiger partial charge < -0.3 is 15.6 Å². The Labute approximate surface area is 126 Å². The van der Waals surface area contributed by atoms with Crippen LogP contribution in [-0.4, -0.2) is 23.7 Å². The molecule has 1 fully saturated rings. The number of halogens is 1. The van der Waals surface area contributed by atoms with Crippen molar-refractivity contribution in [1.29, 1.82) is 0 Å². The molecule has 6 heteroatoms. The molecule has 2 unspecified atom stereocenters. The monoisotopic (exact) mass is 301 g/mol. The van der Waals surface area contributed by atoms with Gasteiger partial charge in [0.1, 0.15) is 5.76 Å². The summed E-state index contributed by atoms with van der Waals surface area (Å²) in [6.07, 6.45) is 4.89. The maximum atomic E-state index is 12.1. The van der Waals surface area contributed by atoms with Crippen molar-refractivity contribution < 1.29 is 9.32 Å². The van der Waals surface area contributed by atoms with Crippen molar-refractivity contribution in [2.45, 2.75) is 52.0 Å². The number of hydrogen-bond acceptors (Lipinski definition) is 4.